The Labute approximate surface area is 226 Å². The van der Waals surface area contributed by atoms with Crippen LogP contribution in [0.15, 0.2) is 60.9 Å². The molecule has 2 amide bonds. The third kappa shape index (κ3) is 5.60. The van der Waals surface area contributed by atoms with Crippen LogP contribution in [-0.4, -0.2) is 35.4 Å². The summed E-state index contributed by atoms with van der Waals surface area (Å²) in [5.74, 6) is -0.205. The van der Waals surface area contributed by atoms with E-state index in [0.717, 1.165) is 67.1 Å². The maximum atomic E-state index is 14.3. The highest BCUT2D eigenvalue weighted by Crippen LogP contribution is 2.35. The van der Waals surface area contributed by atoms with E-state index < -0.39 is 6.04 Å². The van der Waals surface area contributed by atoms with E-state index in [1.165, 1.54) is 12.0 Å². The second-order valence-corrected chi connectivity index (χ2v) is 11.8. The van der Waals surface area contributed by atoms with E-state index in [4.69, 9.17) is 0 Å². The van der Waals surface area contributed by atoms with Crippen LogP contribution in [0.1, 0.15) is 82.9 Å². The van der Waals surface area contributed by atoms with Crippen LogP contribution in [0.3, 0.4) is 0 Å². The first kappa shape index (κ1) is 26.4. The number of benzene rings is 2. The van der Waals surface area contributed by atoms with E-state index in [-0.39, 0.29) is 29.3 Å². The number of hydrogen-bond acceptors (Lipinski definition) is 4. The summed E-state index contributed by atoms with van der Waals surface area (Å²) in [6.45, 7) is 7.34. The number of carbonyl (C=O) groups is 2. The van der Waals surface area contributed by atoms with Gasteiger partial charge in [0.15, 0.2) is 0 Å². The summed E-state index contributed by atoms with van der Waals surface area (Å²) < 4.78 is 0. The normalized spacial score (nSPS) is 19.3. The van der Waals surface area contributed by atoms with Gasteiger partial charge in [0.05, 0.1) is 6.04 Å². The number of hydrogen-bond donors (Lipinski definition) is 2. The molecule has 2 aromatic carbocycles. The van der Waals surface area contributed by atoms with Crippen LogP contribution >= 0.6 is 0 Å². The Morgan fingerprint density at radius 3 is 2.37 bits per heavy atom. The molecular weight excluding hydrogens is 472 g/mol. The zero-order valence-electron chi connectivity index (χ0n) is 22.9. The van der Waals surface area contributed by atoms with Gasteiger partial charge in [-0.3, -0.25) is 19.5 Å². The second kappa shape index (κ2) is 11.2. The molecule has 1 unspecified atom stereocenters. The van der Waals surface area contributed by atoms with Crippen LogP contribution < -0.4 is 15.5 Å². The zero-order chi connectivity index (χ0) is 26.7. The fraction of sp³-hybridized carbons (Fsp3) is 0.469. The first-order valence-corrected chi connectivity index (χ1v) is 14.1. The van der Waals surface area contributed by atoms with Gasteiger partial charge in [0.2, 0.25) is 11.8 Å². The predicted molar refractivity (Wildman–Crippen MR) is 153 cm³/mol. The number of pyridine rings is 1. The maximum absolute atomic E-state index is 14.3. The molecule has 5 rings (SSSR count). The number of aromatic nitrogens is 1. The minimum atomic E-state index is -0.828. The summed E-state index contributed by atoms with van der Waals surface area (Å²) in [5.41, 5.74) is 2.65. The van der Waals surface area contributed by atoms with Crippen molar-refractivity contribution >= 4 is 28.3 Å². The standard InChI is InChI=1S/C32H40N4O2/c1-32(2,3)23-15-17-25(18-16-23)36(31(38)28-14-9-19-34-28)29(30(37)35-24-11-5-4-6-12-24)27-21-33-20-22-10-7-8-13-26(22)27/h7-8,10,13,15-18,20-21,24,28-29,34H,4-6,9,11-12,14,19H2,1-3H3,(H,35,37)/t28-,29?/m1/s1. The molecule has 1 aliphatic carbocycles. The van der Waals surface area contributed by atoms with Gasteiger partial charge in [0.25, 0.3) is 0 Å². The summed E-state index contributed by atoms with van der Waals surface area (Å²) in [6, 6.07) is 15.1. The Morgan fingerprint density at radius 2 is 1.68 bits per heavy atom. The summed E-state index contributed by atoms with van der Waals surface area (Å²) in [5, 5.41) is 8.59. The maximum Gasteiger partial charge on any atom is 0.248 e. The molecule has 200 valence electrons. The molecule has 6 nitrogen and oxygen atoms in total. The van der Waals surface area contributed by atoms with Gasteiger partial charge in [0, 0.05) is 35.1 Å². The van der Waals surface area contributed by atoms with E-state index in [1.807, 2.05) is 42.6 Å². The van der Waals surface area contributed by atoms with Crippen LogP contribution in [-0.2, 0) is 15.0 Å². The van der Waals surface area contributed by atoms with Crippen molar-refractivity contribution in [1.29, 1.82) is 0 Å². The van der Waals surface area contributed by atoms with Crippen LogP contribution in [0.25, 0.3) is 10.8 Å². The summed E-state index contributed by atoms with van der Waals surface area (Å²) >= 11 is 0. The Morgan fingerprint density at radius 1 is 0.947 bits per heavy atom. The molecule has 2 aliphatic rings. The van der Waals surface area contributed by atoms with Crippen molar-refractivity contribution in [2.45, 2.75) is 89.3 Å². The van der Waals surface area contributed by atoms with Crippen LogP contribution in [0, 0.1) is 0 Å². The number of rotatable bonds is 6. The highest BCUT2D eigenvalue weighted by Gasteiger charge is 2.38. The number of anilines is 1. The van der Waals surface area contributed by atoms with E-state index >= 15 is 0 Å². The lowest BCUT2D eigenvalue weighted by atomic mass is 9.87. The molecular formula is C32H40N4O2. The topological polar surface area (TPSA) is 74.3 Å². The van der Waals surface area contributed by atoms with Gasteiger partial charge < -0.3 is 10.6 Å². The van der Waals surface area contributed by atoms with Crippen molar-refractivity contribution in [3.8, 4) is 0 Å². The Bertz CT molecular complexity index is 1260. The Balaban J connectivity index is 1.63. The molecule has 0 bridgehead atoms. The molecule has 1 aromatic heterocycles. The van der Waals surface area contributed by atoms with Crippen LogP contribution in [0.4, 0.5) is 5.69 Å². The van der Waals surface area contributed by atoms with Crippen LogP contribution in [0.2, 0.25) is 0 Å². The molecule has 2 heterocycles. The van der Waals surface area contributed by atoms with E-state index in [1.54, 1.807) is 11.1 Å². The van der Waals surface area contributed by atoms with Gasteiger partial charge in [-0.1, -0.05) is 76.4 Å². The fourth-order valence-corrected chi connectivity index (χ4v) is 5.87. The monoisotopic (exact) mass is 512 g/mol. The third-order valence-electron chi connectivity index (χ3n) is 8.06. The predicted octanol–water partition coefficient (Wildman–Crippen LogP) is 5.81. The average Bonchev–Trinajstić information content (AvgIpc) is 3.47. The lowest BCUT2D eigenvalue weighted by Gasteiger charge is -2.35. The summed E-state index contributed by atoms with van der Waals surface area (Å²) in [6.07, 6.45) is 10.7. The first-order chi connectivity index (χ1) is 18.3. The van der Waals surface area contributed by atoms with E-state index in [9.17, 15) is 9.59 Å². The summed E-state index contributed by atoms with van der Waals surface area (Å²) in [7, 11) is 0. The molecule has 6 heteroatoms. The fourth-order valence-electron chi connectivity index (χ4n) is 5.87. The zero-order valence-corrected chi connectivity index (χ0v) is 22.9. The van der Waals surface area contributed by atoms with Gasteiger partial charge in [-0.25, -0.2) is 0 Å². The Kier molecular flexibility index (Phi) is 7.80. The molecule has 2 atom stereocenters. The lowest BCUT2D eigenvalue weighted by molar-refractivity contribution is -0.128. The van der Waals surface area contributed by atoms with Crippen molar-refractivity contribution < 1.29 is 9.59 Å². The first-order valence-electron chi connectivity index (χ1n) is 14.1. The molecule has 2 N–H and O–H groups in total. The minimum Gasteiger partial charge on any atom is -0.351 e. The number of nitrogens with zero attached hydrogens (tertiary/aromatic N) is 2. The number of fused-ring (bicyclic) bond motifs is 1. The van der Waals surface area contributed by atoms with Gasteiger partial charge in [0.1, 0.15) is 6.04 Å². The van der Waals surface area contributed by atoms with Gasteiger partial charge in [-0.15, -0.1) is 0 Å². The summed E-state index contributed by atoms with van der Waals surface area (Å²) in [4.78, 5) is 34.7. The highest BCUT2D eigenvalue weighted by molar-refractivity contribution is 6.05. The molecule has 3 aromatic rings. The van der Waals surface area contributed by atoms with Crippen LogP contribution in [0.5, 0.6) is 0 Å². The van der Waals surface area contributed by atoms with Crippen molar-refractivity contribution in [2.24, 2.45) is 0 Å². The molecule has 0 radical (unpaired) electrons. The molecule has 38 heavy (non-hydrogen) atoms. The SMILES string of the molecule is CC(C)(C)c1ccc(N(C(=O)[C@H]2CCCN2)C(C(=O)NC2CCCCC2)c2cncc3ccccc23)cc1. The highest BCUT2D eigenvalue weighted by atomic mass is 16.2. The minimum absolute atomic E-state index is 0.0162. The van der Waals surface area contributed by atoms with Gasteiger partial charge in [-0.05, 0) is 60.7 Å². The molecule has 0 spiro atoms. The smallest absolute Gasteiger partial charge is 0.248 e. The van der Waals surface area contributed by atoms with E-state index in [2.05, 4.69) is 48.5 Å². The van der Waals surface area contributed by atoms with Gasteiger partial charge in [-0.2, -0.15) is 0 Å². The number of nitrogens with one attached hydrogen (secondary N) is 2. The van der Waals surface area contributed by atoms with Crippen molar-refractivity contribution in [3.05, 3.63) is 72.1 Å². The number of carbonyl (C=O) groups excluding carboxylic acids is 2. The molecule has 2 fully saturated rings. The largest absolute Gasteiger partial charge is 0.351 e. The lowest BCUT2D eigenvalue weighted by Crippen LogP contribution is -2.51. The van der Waals surface area contributed by atoms with Gasteiger partial charge >= 0.3 is 0 Å². The average molecular weight is 513 g/mol. The number of amides is 2. The molecule has 1 saturated carbocycles. The van der Waals surface area contributed by atoms with Crippen molar-refractivity contribution in [3.63, 3.8) is 0 Å². The quantitative estimate of drug-likeness (QED) is 0.437. The second-order valence-electron chi connectivity index (χ2n) is 11.8. The molecule has 1 saturated heterocycles. The third-order valence-corrected chi connectivity index (χ3v) is 8.06. The van der Waals surface area contributed by atoms with E-state index in [0.29, 0.717) is 0 Å². The van der Waals surface area contributed by atoms with Crippen molar-refractivity contribution in [2.75, 3.05) is 11.4 Å². The molecule has 1 aliphatic heterocycles. The van der Waals surface area contributed by atoms with Crippen molar-refractivity contribution in [1.82, 2.24) is 15.6 Å². The Hall–Kier alpha value is -3.25.